The maximum absolute atomic E-state index is 4.73. The second kappa shape index (κ2) is 6.77. The lowest BCUT2D eigenvalue weighted by Gasteiger charge is -2.24. The number of aromatic nitrogens is 2. The Morgan fingerprint density at radius 2 is 2.04 bits per heavy atom. The van der Waals surface area contributed by atoms with Gasteiger partial charge in [-0.1, -0.05) is 6.07 Å². The van der Waals surface area contributed by atoms with Crippen molar-refractivity contribution in [1.29, 1.82) is 0 Å². The summed E-state index contributed by atoms with van der Waals surface area (Å²) in [5.41, 5.74) is 6.57. The summed E-state index contributed by atoms with van der Waals surface area (Å²) in [6, 6.07) is 11.5. The van der Waals surface area contributed by atoms with E-state index in [4.69, 9.17) is 5.10 Å². The topological polar surface area (TPSA) is 29.9 Å². The van der Waals surface area contributed by atoms with E-state index in [0.29, 0.717) is 6.04 Å². The van der Waals surface area contributed by atoms with E-state index in [1.54, 1.807) is 0 Å². The Bertz CT molecular complexity index is 890. The summed E-state index contributed by atoms with van der Waals surface area (Å²) in [5, 5.41) is 8.48. The first-order valence-corrected chi connectivity index (χ1v) is 9.86. The first kappa shape index (κ1) is 16.6. The molecule has 1 aromatic carbocycles. The highest BCUT2D eigenvalue weighted by Crippen LogP contribution is 2.32. The molecule has 3 nitrogen and oxygen atoms in total. The van der Waals surface area contributed by atoms with Crippen molar-refractivity contribution in [3.8, 4) is 5.69 Å². The fraction of sp³-hybridized carbons (Fsp3) is 0.381. The van der Waals surface area contributed by atoms with E-state index < -0.39 is 0 Å². The minimum atomic E-state index is 0.409. The first-order chi connectivity index (χ1) is 12.1. The normalized spacial score (nSPS) is 16.8. The average Bonchev–Trinajstić information content (AvgIpc) is 3.22. The molecule has 2 aromatic heterocycles. The van der Waals surface area contributed by atoms with Gasteiger partial charge in [-0.25, -0.2) is 4.68 Å². The summed E-state index contributed by atoms with van der Waals surface area (Å²) in [6.07, 6.45) is 5.58. The van der Waals surface area contributed by atoms with Crippen LogP contribution in [-0.4, -0.2) is 9.78 Å². The van der Waals surface area contributed by atoms with E-state index in [9.17, 15) is 0 Å². The van der Waals surface area contributed by atoms with Crippen molar-refractivity contribution in [1.82, 2.24) is 15.1 Å². The van der Waals surface area contributed by atoms with Gasteiger partial charge in [0.1, 0.15) is 0 Å². The predicted molar refractivity (Wildman–Crippen MR) is 105 cm³/mol. The summed E-state index contributed by atoms with van der Waals surface area (Å²) >= 11 is 1.88. The molecule has 1 aliphatic carbocycles. The zero-order valence-corrected chi connectivity index (χ0v) is 16.0. The number of aryl methyl sites for hydroxylation is 3. The second-order valence-electron chi connectivity index (χ2n) is 7.07. The zero-order valence-electron chi connectivity index (χ0n) is 15.2. The van der Waals surface area contributed by atoms with E-state index in [1.807, 2.05) is 11.3 Å². The third kappa shape index (κ3) is 3.29. The SMILES string of the molecule is Cc1ccc(CNC2CCCc3c2cnn3-c2ccc(C)c(C)c2)s1. The van der Waals surface area contributed by atoms with Crippen LogP contribution in [0.3, 0.4) is 0 Å². The van der Waals surface area contributed by atoms with Crippen LogP contribution >= 0.6 is 11.3 Å². The van der Waals surface area contributed by atoms with Crippen LogP contribution in [0.25, 0.3) is 5.69 Å². The molecule has 0 spiro atoms. The lowest BCUT2D eigenvalue weighted by atomic mass is 9.93. The average molecular weight is 352 g/mol. The standard InChI is InChI=1S/C21H25N3S/c1-14-7-9-17(11-15(14)2)24-21-6-4-5-20(19(21)13-23-24)22-12-18-10-8-16(3)25-18/h7-11,13,20,22H,4-6,12H2,1-3H3. The van der Waals surface area contributed by atoms with Crippen molar-refractivity contribution in [3.63, 3.8) is 0 Å². The molecule has 1 aliphatic rings. The van der Waals surface area contributed by atoms with E-state index in [2.05, 4.69) is 67.3 Å². The van der Waals surface area contributed by atoms with Gasteiger partial charge in [-0.15, -0.1) is 11.3 Å². The van der Waals surface area contributed by atoms with E-state index in [-0.39, 0.29) is 0 Å². The quantitative estimate of drug-likeness (QED) is 0.715. The smallest absolute Gasteiger partial charge is 0.0651 e. The number of fused-ring (bicyclic) bond motifs is 1. The maximum atomic E-state index is 4.73. The molecule has 2 heterocycles. The van der Waals surface area contributed by atoms with Crippen molar-refractivity contribution in [2.24, 2.45) is 0 Å². The molecule has 4 rings (SSSR count). The predicted octanol–water partition coefficient (Wildman–Crippen LogP) is 5.03. The van der Waals surface area contributed by atoms with Crippen molar-refractivity contribution in [2.75, 3.05) is 0 Å². The molecule has 0 fully saturated rings. The number of thiophene rings is 1. The molecule has 1 atom stereocenters. The van der Waals surface area contributed by atoms with Crippen LogP contribution < -0.4 is 5.32 Å². The molecular formula is C21H25N3S. The third-order valence-electron chi connectivity index (χ3n) is 5.24. The molecule has 0 bridgehead atoms. The van der Waals surface area contributed by atoms with Gasteiger partial charge >= 0.3 is 0 Å². The molecule has 0 aliphatic heterocycles. The number of nitrogens with zero attached hydrogens (tertiary/aromatic N) is 2. The Kier molecular flexibility index (Phi) is 4.48. The van der Waals surface area contributed by atoms with E-state index in [0.717, 1.165) is 13.0 Å². The fourth-order valence-corrected chi connectivity index (χ4v) is 4.49. The molecule has 0 saturated carbocycles. The highest BCUT2D eigenvalue weighted by atomic mass is 32.1. The lowest BCUT2D eigenvalue weighted by Crippen LogP contribution is -2.24. The summed E-state index contributed by atoms with van der Waals surface area (Å²) in [7, 11) is 0. The highest BCUT2D eigenvalue weighted by molar-refractivity contribution is 7.11. The Labute approximate surface area is 153 Å². The minimum Gasteiger partial charge on any atom is -0.305 e. The Balaban J connectivity index is 1.58. The Morgan fingerprint density at radius 1 is 1.16 bits per heavy atom. The monoisotopic (exact) mass is 351 g/mol. The minimum absolute atomic E-state index is 0.409. The van der Waals surface area contributed by atoms with Crippen molar-refractivity contribution in [2.45, 2.75) is 52.6 Å². The molecule has 4 heteroatoms. The van der Waals surface area contributed by atoms with Crippen LogP contribution in [0.2, 0.25) is 0 Å². The molecule has 25 heavy (non-hydrogen) atoms. The van der Waals surface area contributed by atoms with Gasteiger partial charge in [0, 0.05) is 33.6 Å². The molecule has 0 radical (unpaired) electrons. The van der Waals surface area contributed by atoms with Gasteiger partial charge in [0.25, 0.3) is 0 Å². The number of hydrogen-bond acceptors (Lipinski definition) is 3. The Hall–Kier alpha value is -1.91. The van der Waals surface area contributed by atoms with Crippen LogP contribution in [-0.2, 0) is 13.0 Å². The molecule has 0 amide bonds. The molecule has 3 aromatic rings. The van der Waals surface area contributed by atoms with E-state index >= 15 is 0 Å². The largest absolute Gasteiger partial charge is 0.305 e. The number of rotatable bonds is 4. The van der Waals surface area contributed by atoms with Crippen LogP contribution in [0.5, 0.6) is 0 Å². The Morgan fingerprint density at radius 3 is 2.80 bits per heavy atom. The number of benzene rings is 1. The van der Waals surface area contributed by atoms with Crippen LogP contribution in [0.4, 0.5) is 0 Å². The van der Waals surface area contributed by atoms with Crippen molar-refractivity contribution >= 4 is 11.3 Å². The maximum Gasteiger partial charge on any atom is 0.0651 e. The van der Waals surface area contributed by atoms with Gasteiger partial charge in [-0.2, -0.15) is 5.10 Å². The fourth-order valence-electron chi connectivity index (χ4n) is 3.65. The summed E-state index contributed by atoms with van der Waals surface area (Å²) in [4.78, 5) is 2.79. The zero-order chi connectivity index (χ0) is 17.4. The van der Waals surface area contributed by atoms with Gasteiger partial charge in [-0.3, -0.25) is 0 Å². The summed E-state index contributed by atoms with van der Waals surface area (Å²) in [6.45, 7) is 7.43. The summed E-state index contributed by atoms with van der Waals surface area (Å²) in [5.74, 6) is 0. The van der Waals surface area contributed by atoms with Crippen molar-refractivity contribution < 1.29 is 0 Å². The second-order valence-corrected chi connectivity index (χ2v) is 8.44. The van der Waals surface area contributed by atoms with Crippen LogP contribution in [0.15, 0.2) is 36.5 Å². The van der Waals surface area contributed by atoms with E-state index in [1.165, 1.54) is 50.7 Å². The molecule has 0 saturated heterocycles. The molecule has 1 unspecified atom stereocenters. The molecule has 1 N–H and O–H groups in total. The van der Waals surface area contributed by atoms with Gasteiger partial charge in [0.15, 0.2) is 0 Å². The third-order valence-corrected chi connectivity index (χ3v) is 6.24. The molecular weight excluding hydrogens is 326 g/mol. The molecule has 130 valence electrons. The van der Waals surface area contributed by atoms with Crippen molar-refractivity contribution in [3.05, 3.63) is 68.7 Å². The van der Waals surface area contributed by atoms with Gasteiger partial charge in [-0.05, 0) is 75.4 Å². The van der Waals surface area contributed by atoms with Crippen LogP contribution in [0.1, 0.15) is 51.0 Å². The highest BCUT2D eigenvalue weighted by Gasteiger charge is 2.24. The van der Waals surface area contributed by atoms with Gasteiger partial charge in [0.2, 0.25) is 0 Å². The van der Waals surface area contributed by atoms with Gasteiger partial charge < -0.3 is 5.32 Å². The number of nitrogens with one attached hydrogen (secondary N) is 1. The summed E-state index contributed by atoms with van der Waals surface area (Å²) < 4.78 is 2.14. The first-order valence-electron chi connectivity index (χ1n) is 9.05. The van der Waals surface area contributed by atoms with Gasteiger partial charge in [0.05, 0.1) is 11.9 Å². The number of hydrogen-bond donors (Lipinski definition) is 1. The lowest BCUT2D eigenvalue weighted by molar-refractivity contribution is 0.456. The van der Waals surface area contributed by atoms with Crippen LogP contribution in [0, 0.1) is 20.8 Å².